The van der Waals surface area contributed by atoms with Gasteiger partial charge in [-0.3, -0.25) is 9.59 Å². The summed E-state index contributed by atoms with van der Waals surface area (Å²) in [5.74, 6) is -3.87. The Morgan fingerprint density at radius 3 is 2.20 bits per heavy atom. The Kier molecular flexibility index (Phi) is 5.10. The summed E-state index contributed by atoms with van der Waals surface area (Å²) in [5.41, 5.74) is -0.185. The maximum Gasteiger partial charge on any atom is 0.363 e. The lowest BCUT2D eigenvalue weighted by molar-refractivity contribution is -0.0584. The first kappa shape index (κ1) is 20.1. The highest BCUT2D eigenvalue weighted by atomic mass is 32.2. The summed E-state index contributed by atoms with van der Waals surface area (Å²) >= 11 is 0. The Morgan fingerprint density at radius 2 is 1.60 bits per heavy atom. The lowest BCUT2D eigenvalue weighted by Crippen LogP contribution is -2.41. The molecule has 0 unspecified atom stereocenters. The molecule has 0 saturated carbocycles. The van der Waals surface area contributed by atoms with Gasteiger partial charge in [-0.2, -0.15) is 4.31 Å². The number of sulfonamides is 1. The zero-order valence-electron chi connectivity index (χ0n) is 15.4. The summed E-state index contributed by atoms with van der Waals surface area (Å²) in [6, 6.07) is 8.57. The maximum absolute atomic E-state index is 14.3. The van der Waals surface area contributed by atoms with Crippen LogP contribution >= 0.6 is 0 Å². The summed E-state index contributed by atoms with van der Waals surface area (Å²) in [6.45, 7) is 0.432. The number of ether oxygens (including phenoxy) is 1. The summed E-state index contributed by atoms with van der Waals surface area (Å²) in [4.78, 5) is 41.3. The minimum absolute atomic E-state index is 0.0471. The first-order valence-corrected chi connectivity index (χ1v) is 10.3. The molecule has 0 bridgehead atoms. The molecule has 156 valence electrons. The van der Waals surface area contributed by atoms with Crippen molar-refractivity contribution in [2.75, 3.05) is 26.3 Å². The van der Waals surface area contributed by atoms with Crippen LogP contribution in [0.25, 0.3) is 0 Å². The molecule has 2 heterocycles. The van der Waals surface area contributed by atoms with Crippen LogP contribution in [0.4, 0.5) is 4.39 Å². The van der Waals surface area contributed by atoms with Crippen molar-refractivity contribution >= 4 is 27.8 Å². The fraction of sp³-hybridized carbons (Fsp3) is 0.211. The van der Waals surface area contributed by atoms with E-state index in [4.69, 9.17) is 9.57 Å². The third-order valence-electron chi connectivity index (χ3n) is 4.69. The molecule has 0 spiro atoms. The Morgan fingerprint density at radius 1 is 1.00 bits per heavy atom. The molecule has 0 aromatic heterocycles. The molecule has 9 nitrogen and oxygen atoms in total. The number of hydrogen-bond donors (Lipinski definition) is 0. The molecule has 1 fully saturated rings. The molecule has 0 atom stereocenters. The number of carbonyl (C=O) groups is 3. The second-order valence-corrected chi connectivity index (χ2v) is 8.40. The fourth-order valence-corrected chi connectivity index (χ4v) is 4.64. The molecule has 2 aliphatic heterocycles. The van der Waals surface area contributed by atoms with E-state index < -0.39 is 38.5 Å². The van der Waals surface area contributed by atoms with Crippen LogP contribution in [0.3, 0.4) is 0 Å². The van der Waals surface area contributed by atoms with Crippen LogP contribution in [0.15, 0.2) is 47.4 Å². The zero-order chi connectivity index (χ0) is 21.5. The second-order valence-electron chi connectivity index (χ2n) is 6.49. The topological polar surface area (TPSA) is 110 Å². The number of halogens is 1. The molecule has 30 heavy (non-hydrogen) atoms. The summed E-state index contributed by atoms with van der Waals surface area (Å²) < 4.78 is 45.9. The lowest BCUT2D eigenvalue weighted by atomic mass is 10.1. The van der Waals surface area contributed by atoms with Gasteiger partial charge in [-0.05, 0) is 30.3 Å². The highest BCUT2D eigenvalue weighted by Gasteiger charge is 2.39. The van der Waals surface area contributed by atoms with Crippen LogP contribution < -0.4 is 0 Å². The molecular formula is C19H15FN2O7S. The van der Waals surface area contributed by atoms with Gasteiger partial charge in [-0.1, -0.05) is 17.2 Å². The predicted molar refractivity (Wildman–Crippen MR) is 98.3 cm³/mol. The van der Waals surface area contributed by atoms with Crippen molar-refractivity contribution in [3.05, 3.63) is 65.0 Å². The normalized spacial score (nSPS) is 17.2. The van der Waals surface area contributed by atoms with Crippen LogP contribution in [0, 0.1) is 5.82 Å². The predicted octanol–water partition coefficient (Wildman–Crippen LogP) is 1.21. The first-order chi connectivity index (χ1) is 14.3. The fourth-order valence-electron chi connectivity index (χ4n) is 3.14. The Balaban J connectivity index is 1.60. The number of hydroxylamine groups is 2. The number of morpholine rings is 1. The van der Waals surface area contributed by atoms with Gasteiger partial charge in [0.1, 0.15) is 10.7 Å². The number of benzene rings is 2. The number of imide groups is 1. The van der Waals surface area contributed by atoms with Crippen LogP contribution in [0.5, 0.6) is 0 Å². The van der Waals surface area contributed by atoms with Gasteiger partial charge in [0.05, 0.1) is 29.9 Å². The molecule has 1 saturated heterocycles. The Labute approximate surface area is 170 Å². The van der Waals surface area contributed by atoms with E-state index in [2.05, 4.69) is 0 Å². The van der Waals surface area contributed by atoms with E-state index in [-0.39, 0.29) is 43.0 Å². The number of hydrogen-bond acceptors (Lipinski definition) is 7. The van der Waals surface area contributed by atoms with Gasteiger partial charge in [0.2, 0.25) is 10.0 Å². The van der Waals surface area contributed by atoms with E-state index in [0.717, 1.165) is 22.5 Å². The lowest BCUT2D eigenvalue weighted by Gasteiger charge is -2.26. The van der Waals surface area contributed by atoms with Crippen LogP contribution in [0.2, 0.25) is 0 Å². The summed E-state index contributed by atoms with van der Waals surface area (Å²) in [5, 5.41) is 0.298. The number of rotatable bonds is 4. The van der Waals surface area contributed by atoms with Crippen molar-refractivity contribution in [2.45, 2.75) is 4.90 Å². The molecule has 11 heteroatoms. The molecule has 4 rings (SSSR count). The standard InChI is InChI=1S/C19H15FN2O7S/c20-15-6-5-12(11-16(15)30(26,27)21-7-9-28-10-8-21)19(25)29-22-17(23)13-3-1-2-4-14(13)18(22)24/h1-6,11H,7-10H2. The van der Waals surface area contributed by atoms with Gasteiger partial charge in [0, 0.05) is 13.1 Å². The molecule has 2 aromatic carbocycles. The second kappa shape index (κ2) is 7.59. The first-order valence-electron chi connectivity index (χ1n) is 8.88. The number of amides is 2. The van der Waals surface area contributed by atoms with Gasteiger partial charge in [-0.15, -0.1) is 0 Å². The van der Waals surface area contributed by atoms with Crippen molar-refractivity contribution < 1.29 is 36.8 Å². The molecular weight excluding hydrogens is 419 g/mol. The van der Waals surface area contributed by atoms with Crippen molar-refractivity contribution in [2.24, 2.45) is 0 Å². The van der Waals surface area contributed by atoms with Crippen LogP contribution in [-0.4, -0.2) is 61.9 Å². The highest BCUT2D eigenvalue weighted by molar-refractivity contribution is 7.89. The van der Waals surface area contributed by atoms with Gasteiger partial charge < -0.3 is 9.57 Å². The molecule has 0 radical (unpaired) electrons. The Bertz CT molecular complexity index is 1120. The van der Waals surface area contributed by atoms with Crippen molar-refractivity contribution in [3.63, 3.8) is 0 Å². The van der Waals surface area contributed by atoms with E-state index >= 15 is 0 Å². The van der Waals surface area contributed by atoms with E-state index in [1.54, 1.807) is 12.1 Å². The summed E-state index contributed by atoms with van der Waals surface area (Å²) in [7, 11) is -4.22. The van der Waals surface area contributed by atoms with E-state index in [1.807, 2.05) is 0 Å². The monoisotopic (exact) mass is 434 g/mol. The number of nitrogens with zero attached hydrogens (tertiary/aromatic N) is 2. The highest BCUT2D eigenvalue weighted by Crippen LogP contribution is 2.25. The van der Waals surface area contributed by atoms with E-state index in [1.165, 1.54) is 12.1 Å². The van der Waals surface area contributed by atoms with Gasteiger partial charge in [0.15, 0.2) is 0 Å². The Hall–Kier alpha value is -3.15. The zero-order valence-corrected chi connectivity index (χ0v) is 16.2. The molecule has 2 aromatic rings. The maximum atomic E-state index is 14.3. The van der Waals surface area contributed by atoms with E-state index in [9.17, 15) is 27.2 Å². The third kappa shape index (κ3) is 3.36. The van der Waals surface area contributed by atoms with Gasteiger partial charge >= 0.3 is 5.97 Å². The molecule has 0 aliphatic carbocycles. The largest absolute Gasteiger partial charge is 0.379 e. The van der Waals surface area contributed by atoms with Crippen molar-refractivity contribution in [3.8, 4) is 0 Å². The smallest absolute Gasteiger partial charge is 0.363 e. The van der Waals surface area contributed by atoms with Gasteiger partial charge in [-0.25, -0.2) is 17.6 Å². The molecule has 2 amide bonds. The molecule has 0 N–H and O–H groups in total. The van der Waals surface area contributed by atoms with Crippen LogP contribution in [0.1, 0.15) is 31.1 Å². The summed E-state index contributed by atoms with van der Waals surface area (Å²) in [6.07, 6.45) is 0. The average molecular weight is 434 g/mol. The number of fused-ring (bicyclic) bond motifs is 1. The van der Waals surface area contributed by atoms with Crippen molar-refractivity contribution in [1.29, 1.82) is 0 Å². The van der Waals surface area contributed by atoms with E-state index in [0.29, 0.717) is 5.06 Å². The third-order valence-corrected chi connectivity index (χ3v) is 6.60. The van der Waals surface area contributed by atoms with Crippen LogP contribution in [-0.2, 0) is 19.6 Å². The minimum atomic E-state index is -4.22. The van der Waals surface area contributed by atoms with Crippen molar-refractivity contribution in [1.82, 2.24) is 9.37 Å². The molecule has 2 aliphatic rings. The minimum Gasteiger partial charge on any atom is -0.379 e. The number of carbonyl (C=O) groups excluding carboxylic acids is 3. The van der Waals surface area contributed by atoms with Gasteiger partial charge in [0.25, 0.3) is 11.8 Å². The quantitative estimate of drug-likeness (QED) is 0.666. The average Bonchev–Trinajstić information content (AvgIpc) is 2.99. The SMILES string of the molecule is O=C(ON1C(=O)c2ccccc2C1=O)c1ccc(F)c(S(=O)(=O)N2CCOCC2)c1.